The van der Waals surface area contributed by atoms with Crippen LogP contribution in [0.15, 0.2) is 332 Å². The first-order valence-corrected chi connectivity index (χ1v) is 36.6. The van der Waals surface area contributed by atoms with Gasteiger partial charge in [-0.25, -0.2) is 29.9 Å². The molecule has 10 nitrogen and oxygen atoms in total. The molecule has 2 spiro atoms. The first-order chi connectivity index (χ1) is 51.9. The molecule has 21 rings (SSSR count). The average molecular weight is 1430 g/mol. The van der Waals surface area contributed by atoms with Crippen LogP contribution >= 0.6 is 15.9 Å². The smallest absolute Gasteiger partial charge is 0.457 e. The summed E-state index contributed by atoms with van der Waals surface area (Å²) in [6, 6.07) is 114. The summed E-state index contributed by atoms with van der Waals surface area (Å²) in [7, 11) is -0.663. The Balaban J connectivity index is 0.000000115. The van der Waals surface area contributed by atoms with Gasteiger partial charge in [-0.15, -0.1) is 0 Å². The molecule has 1 fully saturated rings. The first-order valence-electron chi connectivity index (χ1n) is 35.8. The zero-order valence-corrected chi connectivity index (χ0v) is 60.0. The molecule has 506 valence electrons. The van der Waals surface area contributed by atoms with Gasteiger partial charge in [-0.3, -0.25) is 0 Å². The van der Waals surface area contributed by atoms with Gasteiger partial charge in [0, 0.05) is 54.5 Å². The summed E-state index contributed by atoms with van der Waals surface area (Å²) in [6.45, 7) is 8.10. The summed E-state index contributed by atoms with van der Waals surface area (Å²) in [6.07, 6.45) is 0. The number of benzene rings is 14. The van der Waals surface area contributed by atoms with Crippen LogP contribution in [-0.4, -0.2) is 48.2 Å². The third kappa shape index (κ3) is 10.4. The van der Waals surface area contributed by atoms with Crippen molar-refractivity contribution in [2.45, 2.75) is 49.7 Å². The zero-order valence-electron chi connectivity index (χ0n) is 58.4. The van der Waals surface area contributed by atoms with E-state index in [1.165, 1.54) is 55.6 Å². The molecule has 0 atom stereocenters. The number of rotatable bonds is 6. The molecule has 0 amide bonds. The van der Waals surface area contributed by atoms with Gasteiger partial charge in [-0.05, 0) is 136 Å². The maximum absolute atomic E-state index is 6.54. The highest BCUT2D eigenvalue weighted by atomic mass is 79.9. The third-order valence-electron chi connectivity index (χ3n) is 21.8. The van der Waals surface area contributed by atoms with E-state index in [0.29, 0.717) is 34.8 Å². The van der Waals surface area contributed by atoms with Gasteiger partial charge < -0.3 is 18.8 Å². The van der Waals surface area contributed by atoms with E-state index in [1.807, 2.05) is 125 Å². The zero-order chi connectivity index (χ0) is 71.3. The van der Waals surface area contributed by atoms with Crippen molar-refractivity contribution in [3.63, 3.8) is 0 Å². The third-order valence-corrected chi connectivity index (χ3v) is 22.3. The second-order valence-electron chi connectivity index (χ2n) is 28.3. The van der Waals surface area contributed by atoms with Crippen molar-refractivity contribution >= 4 is 50.3 Å². The Morgan fingerprint density at radius 3 is 1.08 bits per heavy atom. The molecule has 0 bridgehead atoms. The first kappa shape index (κ1) is 64.5. The van der Waals surface area contributed by atoms with Gasteiger partial charge in [0.2, 0.25) is 0 Å². The van der Waals surface area contributed by atoms with Gasteiger partial charge in [0.1, 0.15) is 23.0 Å². The number of fused-ring (bicyclic) bond motifs is 20. The van der Waals surface area contributed by atoms with Crippen molar-refractivity contribution < 1.29 is 18.8 Å². The van der Waals surface area contributed by atoms with Gasteiger partial charge in [0.25, 0.3) is 0 Å². The van der Waals surface area contributed by atoms with Crippen LogP contribution in [0.2, 0.25) is 0 Å². The number of para-hydroxylation sites is 4. The number of halogens is 1. The van der Waals surface area contributed by atoms with E-state index < -0.39 is 23.7 Å². The van der Waals surface area contributed by atoms with Crippen LogP contribution in [0.5, 0.6) is 23.0 Å². The molecule has 0 N–H and O–H groups in total. The van der Waals surface area contributed by atoms with Crippen LogP contribution in [0, 0.1) is 0 Å². The molecule has 14 aromatic carbocycles. The van der Waals surface area contributed by atoms with E-state index in [1.54, 1.807) is 0 Å². The van der Waals surface area contributed by atoms with E-state index in [0.717, 1.165) is 88.0 Å². The molecule has 0 unspecified atom stereocenters. The highest BCUT2D eigenvalue weighted by Crippen LogP contribution is 2.64. The lowest BCUT2D eigenvalue weighted by molar-refractivity contribution is 0.00578. The van der Waals surface area contributed by atoms with Crippen molar-refractivity contribution in [1.82, 2.24) is 29.9 Å². The van der Waals surface area contributed by atoms with Gasteiger partial charge in [-0.2, -0.15) is 0 Å². The normalized spacial score (nSPS) is 14.8. The predicted octanol–water partition coefficient (Wildman–Crippen LogP) is 22.1. The Kier molecular flexibility index (Phi) is 15.5. The van der Waals surface area contributed by atoms with E-state index in [2.05, 4.69) is 246 Å². The van der Waals surface area contributed by atoms with Crippen LogP contribution in [0.3, 0.4) is 0 Å². The lowest BCUT2D eigenvalue weighted by Gasteiger charge is -2.39. The minimum absolute atomic E-state index is 0.360. The molecule has 0 saturated carbocycles. The molecule has 12 heteroatoms. The fraction of sp³-hybridized carbons (Fsp3) is 0.0851. The van der Waals surface area contributed by atoms with Crippen molar-refractivity contribution in [2.75, 3.05) is 0 Å². The molecule has 1 saturated heterocycles. The van der Waals surface area contributed by atoms with E-state index in [-0.39, 0.29) is 5.41 Å². The summed E-state index contributed by atoms with van der Waals surface area (Å²) in [5, 5.41) is 4.48. The number of hydrogen-bond donors (Lipinski definition) is 0. The van der Waals surface area contributed by atoms with E-state index in [9.17, 15) is 0 Å². The molecule has 0 radical (unpaired) electrons. The Hall–Kier alpha value is -12.3. The Morgan fingerprint density at radius 1 is 0.264 bits per heavy atom. The molecule has 2 aliphatic carbocycles. The van der Waals surface area contributed by atoms with Crippen LogP contribution < -0.4 is 15.2 Å². The average Bonchev–Trinajstić information content (AvgIpc) is 1.50. The number of hydrogen-bond acceptors (Lipinski definition) is 10. The highest BCUT2D eigenvalue weighted by molar-refractivity contribution is 9.10. The summed E-state index contributed by atoms with van der Waals surface area (Å²) in [5.74, 6) is 6.73. The largest absolute Gasteiger partial charge is 0.534 e. The molecule has 16 aromatic rings. The Bertz CT molecular complexity index is 6070. The van der Waals surface area contributed by atoms with Gasteiger partial charge in [0.15, 0.2) is 34.8 Å². The summed E-state index contributed by atoms with van der Waals surface area (Å²) < 4.78 is 26.4. The second kappa shape index (κ2) is 25.5. The van der Waals surface area contributed by atoms with Crippen LogP contribution in [0.25, 0.3) is 101 Å². The molecule has 106 heavy (non-hydrogen) atoms. The van der Waals surface area contributed by atoms with Crippen LogP contribution in [0.1, 0.15) is 72.2 Å². The molecular weight excluding hydrogens is 1370 g/mol. The minimum atomic E-state index is -0.663. The molecule has 5 heterocycles. The molecule has 2 aromatic heterocycles. The lowest BCUT2D eigenvalue weighted by Crippen LogP contribution is -2.41. The van der Waals surface area contributed by atoms with Gasteiger partial charge in [-0.1, -0.05) is 301 Å². The van der Waals surface area contributed by atoms with Crippen LogP contribution in [-0.2, 0) is 20.1 Å². The number of nitrogens with zero attached hydrogens (tertiary/aromatic N) is 6. The lowest BCUT2D eigenvalue weighted by atomic mass is 9.66. The maximum Gasteiger partial charge on any atom is 0.534 e. The standard InChI is InChI=1S/C44H27N3O.C25H24BN3O2.C25H15BrO/c1-2-14-29(15-3-1)41-45-42(47-43(46-41)34-19-12-16-28-13-4-5-17-31(28)34)30-25-26-33-32-18-6-7-20-35(32)44(38(33)27-30)36-21-8-10-23-39(36)48-40-24-11-9-22-37(40)44;1-24(2)25(3,4)31-26(30-24)23-28-21(18-12-6-5-7-13-18)27-22(29-23)20-16-10-14-17-11-8-9-15-19(17)20;26-16-13-14-18-17-7-1-2-8-19(17)25(22(18)15-16)20-9-3-5-11-23(20)27-24-12-6-4-10-21(24)25/h1-27H;5-16H,1-4H3;1-15H. The summed E-state index contributed by atoms with van der Waals surface area (Å²) in [4.78, 5) is 29.8. The number of ether oxygens (including phenoxy) is 2. The number of aromatic nitrogens is 6. The Labute approximate surface area is 623 Å². The summed E-state index contributed by atoms with van der Waals surface area (Å²) in [5.41, 5.74) is 18.1. The monoisotopic (exact) mass is 1430 g/mol. The van der Waals surface area contributed by atoms with Gasteiger partial charge in [0.05, 0.1) is 22.0 Å². The topological polar surface area (TPSA) is 114 Å². The Morgan fingerprint density at radius 2 is 0.594 bits per heavy atom. The highest BCUT2D eigenvalue weighted by Gasteiger charge is 2.55. The minimum Gasteiger partial charge on any atom is -0.457 e. The quantitative estimate of drug-likeness (QED) is 0.149. The van der Waals surface area contributed by atoms with Gasteiger partial charge >= 0.3 is 7.12 Å². The van der Waals surface area contributed by atoms with E-state index in [4.69, 9.17) is 48.7 Å². The molecule has 3 aliphatic heterocycles. The van der Waals surface area contributed by atoms with E-state index >= 15 is 0 Å². The molecule has 5 aliphatic rings. The van der Waals surface area contributed by atoms with Crippen molar-refractivity contribution in [3.05, 3.63) is 377 Å². The molecular formula is C94H66BBrN6O4. The fourth-order valence-corrected chi connectivity index (χ4v) is 16.6. The second-order valence-corrected chi connectivity index (χ2v) is 29.2. The predicted molar refractivity (Wildman–Crippen MR) is 426 cm³/mol. The maximum atomic E-state index is 6.54. The van der Waals surface area contributed by atoms with Crippen molar-refractivity contribution in [1.29, 1.82) is 0 Å². The fourth-order valence-electron chi connectivity index (χ4n) is 16.3. The van der Waals surface area contributed by atoms with Crippen LogP contribution in [0.4, 0.5) is 0 Å². The van der Waals surface area contributed by atoms with Crippen molar-refractivity contribution in [3.8, 4) is 102 Å². The summed E-state index contributed by atoms with van der Waals surface area (Å²) >= 11 is 3.71. The SMILES string of the molecule is Brc1ccc2c(c1)C1(c3ccccc3Oc3ccccc31)c1ccccc1-2.CC1(C)OB(c2nc(-c3ccccc3)nc(-c3cccc4ccccc34)n2)OC1(C)C.c1ccc(-c2nc(-c3ccc4c(c3)C3(c5ccccc5Oc5ccccc53)c3ccccc3-4)nc(-c3cccc4ccccc34)n2)cc1. The van der Waals surface area contributed by atoms with Crippen molar-refractivity contribution in [2.24, 2.45) is 0 Å².